The summed E-state index contributed by atoms with van der Waals surface area (Å²) >= 11 is 0. The fourth-order valence-corrected chi connectivity index (χ4v) is 2.48. The summed E-state index contributed by atoms with van der Waals surface area (Å²) in [6.45, 7) is 4.63. The van der Waals surface area contributed by atoms with E-state index in [2.05, 4.69) is 36.3 Å². The van der Waals surface area contributed by atoms with Crippen molar-refractivity contribution in [2.45, 2.75) is 19.9 Å². The van der Waals surface area contributed by atoms with E-state index in [9.17, 15) is 4.79 Å². The number of nitrogens with one attached hydrogen (secondary N) is 2. The average molecular weight is 244 g/mol. The van der Waals surface area contributed by atoms with Crippen molar-refractivity contribution in [3.05, 3.63) is 36.0 Å². The second kappa shape index (κ2) is 3.77. The third-order valence-corrected chi connectivity index (χ3v) is 3.53. The van der Waals surface area contributed by atoms with E-state index in [0.717, 1.165) is 16.5 Å². The van der Waals surface area contributed by atoms with Gasteiger partial charge in [0.2, 0.25) is 0 Å². The largest absolute Gasteiger partial charge is 0.449 e. The highest BCUT2D eigenvalue weighted by atomic mass is 16.6. The van der Waals surface area contributed by atoms with Crippen LogP contribution in [0.15, 0.2) is 30.5 Å². The molecule has 1 atom stereocenters. The molecule has 1 aliphatic rings. The second-order valence-corrected chi connectivity index (χ2v) is 5.47. The predicted molar refractivity (Wildman–Crippen MR) is 69.3 cm³/mol. The molecule has 0 bridgehead atoms. The van der Waals surface area contributed by atoms with Gasteiger partial charge in [-0.25, -0.2) is 4.79 Å². The molecule has 4 heteroatoms. The van der Waals surface area contributed by atoms with Crippen molar-refractivity contribution in [3.63, 3.8) is 0 Å². The molecule has 18 heavy (non-hydrogen) atoms. The van der Waals surface area contributed by atoms with Crippen molar-refractivity contribution < 1.29 is 9.53 Å². The molecule has 1 saturated heterocycles. The Morgan fingerprint density at radius 1 is 1.33 bits per heavy atom. The second-order valence-electron chi connectivity index (χ2n) is 5.47. The van der Waals surface area contributed by atoms with Gasteiger partial charge in [-0.15, -0.1) is 0 Å². The number of carbonyl (C=O) groups excluding carboxylic acids is 1. The number of aromatic nitrogens is 1. The van der Waals surface area contributed by atoms with Gasteiger partial charge in [0.25, 0.3) is 0 Å². The highest BCUT2D eigenvalue weighted by Crippen LogP contribution is 2.37. The number of aromatic amines is 1. The smallest absolute Gasteiger partial charge is 0.407 e. The van der Waals surface area contributed by atoms with Crippen LogP contribution in [0.4, 0.5) is 4.79 Å². The van der Waals surface area contributed by atoms with Crippen molar-refractivity contribution in [1.29, 1.82) is 0 Å². The van der Waals surface area contributed by atoms with Crippen LogP contribution in [0.2, 0.25) is 0 Å². The maximum atomic E-state index is 11.4. The van der Waals surface area contributed by atoms with E-state index in [1.807, 2.05) is 18.3 Å². The summed E-state index contributed by atoms with van der Waals surface area (Å²) < 4.78 is 5.06. The SMILES string of the molecule is CC1(C)COC(=O)N[C@@H]1c1ccc2[nH]ccc2c1. The molecule has 1 aromatic carbocycles. The Morgan fingerprint density at radius 3 is 3.00 bits per heavy atom. The van der Waals surface area contributed by atoms with Gasteiger partial charge in [0.05, 0.1) is 6.04 Å². The number of carbonyl (C=O) groups is 1. The topological polar surface area (TPSA) is 54.1 Å². The van der Waals surface area contributed by atoms with Gasteiger partial charge in [0.1, 0.15) is 6.61 Å². The summed E-state index contributed by atoms with van der Waals surface area (Å²) in [7, 11) is 0. The molecule has 3 rings (SSSR count). The molecule has 0 saturated carbocycles. The van der Waals surface area contributed by atoms with E-state index >= 15 is 0 Å². The first-order valence-electron chi connectivity index (χ1n) is 6.07. The predicted octanol–water partition coefficient (Wildman–Crippen LogP) is 2.98. The molecule has 0 radical (unpaired) electrons. The number of amides is 1. The van der Waals surface area contributed by atoms with Crippen molar-refractivity contribution in [3.8, 4) is 0 Å². The molecule has 0 aliphatic carbocycles. The van der Waals surface area contributed by atoms with Crippen LogP contribution in [0.3, 0.4) is 0 Å². The van der Waals surface area contributed by atoms with Crippen molar-refractivity contribution >= 4 is 17.0 Å². The van der Waals surface area contributed by atoms with Crippen LogP contribution in [0, 0.1) is 5.41 Å². The van der Waals surface area contributed by atoms with E-state index in [-0.39, 0.29) is 17.6 Å². The zero-order valence-electron chi connectivity index (χ0n) is 10.5. The minimum absolute atomic E-state index is 0.0157. The number of benzene rings is 1. The van der Waals surface area contributed by atoms with Gasteiger partial charge in [-0.3, -0.25) is 0 Å². The normalized spacial score (nSPS) is 22.6. The maximum Gasteiger partial charge on any atom is 0.407 e. The Balaban J connectivity index is 2.03. The number of H-pyrrole nitrogens is 1. The third kappa shape index (κ3) is 1.74. The third-order valence-electron chi connectivity index (χ3n) is 3.53. The molecule has 94 valence electrons. The number of cyclic esters (lactones) is 1. The van der Waals surface area contributed by atoms with Gasteiger partial charge < -0.3 is 15.0 Å². The maximum absolute atomic E-state index is 11.4. The fraction of sp³-hybridized carbons (Fsp3) is 0.357. The fourth-order valence-electron chi connectivity index (χ4n) is 2.48. The number of ether oxygens (including phenoxy) is 1. The molecule has 1 aliphatic heterocycles. The molecule has 1 aromatic heterocycles. The number of rotatable bonds is 1. The number of alkyl carbamates (subject to hydrolysis) is 1. The number of hydrogen-bond donors (Lipinski definition) is 2. The molecule has 0 spiro atoms. The molecule has 1 fully saturated rings. The Labute approximate surface area is 105 Å². The average Bonchev–Trinajstić information content (AvgIpc) is 2.79. The van der Waals surface area contributed by atoms with Gasteiger partial charge in [0, 0.05) is 17.1 Å². The Morgan fingerprint density at radius 2 is 2.17 bits per heavy atom. The molecular formula is C14H16N2O2. The van der Waals surface area contributed by atoms with Gasteiger partial charge >= 0.3 is 6.09 Å². The first-order chi connectivity index (χ1) is 8.56. The van der Waals surface area contributed by atoms with Gasteiger partial charge in [-0.2, -0.15) is 0 Å². The van der Waals surface area contributed by atoms with Crippen molar-refractivity contribution in [2.24, 2.45) is 5.41 Å². The van der Waals surface area contributed by atoms with Crippen molar-refractivity contribution in [1.82, 2.24) is 10.3 Å². The summed E-state index contributed by atoms with van der Waals surface area (Å²) in [6, 6.07) is 8.23. The van der Waals surface area contributed by atoms with Crippen LogP contribution in [0.5, 0.6) is 0 Å². The molecule has 1 amide bonds. The lowest BCUT2D eigenvalue weighted by Gasteiger charge is -2.38. The first-order valence-corrected chi connectivity index (χ1v) is 6.07. The summed E-state index contributed by atoms with van der Waals surface area (Å²) in [5, 5.41) is 4.06. The molecule has 2 N–H and O–H groups in total. The lowest BCUT2D eigenvalue weighted by atomic mass is 9.80. The Kier molecular flexibility index (Phi) is 2.33. The Bertz CT molecular complexity index is 601. The van der Waals surface area contributed by atoms with Crippen LogP contribution in [-0.4, -0.2) is 17.7 Å². The quantitative estimate of drug-likeness (QED) is 0.810. The monoisotopic (exact) mass is 244 g/mol. The Hall–Kier alpha value is -1.97. The van der Waals surface area contributed by atoms with Crippen molar-refractivity contribution in [2.75, 3.05) is 6.61 Å². The molecule has 0 unspecified atom stereocenters. The van der Waals surface area contributed by atoms with E-state index in [0.29, 0.717) is 6.61 Å². The summed E-state index contributed by atoms with van der Waals surface area (Å²) in [4.78, 5) is 14.6. The van der Waals surface area contributed by atoms with Crippen LogP contribution in [-0.2, 0) is 4.74 Å². The highest BCUT2D eigenvalue weighted by Gasteiger charge is 2.37. The lowest BCUT2D eigenvalue weighted by molar-refractivity contribution is 0.0388. The van der Waals surface area contributed by atoms with E-state index in [1.54, 1.807) is 0 Å². The number of fused-ring (bicyclic) bond motifs is 1. The van der Waals surface area contributed by atoms with Gasteiger partial charge in [-0.05, 0) is 29.1 Å². The highest BCUT2D eigenvalue weighted by molar-refractivity contribution is 5.80. The molecule has 4 nitrogen and oxygen atoms in total. The minimum Gasteiger partial charge on any atom is -0.449 e. The molecule has 2 heterocycles. The van der Waals surface area contributed by atoms with E-state index < -0.39 is 0 Å². The molecular weight excluding hydrogens is 228 g/mol. The standard InChI is InChI=1S/C14H16N2O2/c1-14(2)8-18-13(17)16-12(14)10-3-4-11-9(7-10)5-6-15-11/h3-7,12,15H,8H2,1-2H3,(H,16,17)/t12-/m1/s1. The zero-order chi connectivity index (χ0) is 12.8. The van der Waals surface area contributed by atoms with Crippen LogP contribution in [0.25, 0.3) is 10.9 Å². The zero-order valence-corrected chi connectivity index (χ0v) is 10.5. The molecule has 2 aromatic rings. The van der Waals surface area contributed by atoms with Crippen LogP contribution < -0.4 is 5.32 Å². The summed E-state index contributed by atoms with van der Waals surface area (Å²) in [5.41, 5.74) is 2.11. The number of hydrogen-bond acceptors (Lipinski definition) is 2. The van der Waals surface area contributed by atoms with Gasteiger partial charge in [0.15, 0.2) is 0 Å². The minimum atomic E-state index is -0.339. The lowest BCUT2D eigenvalue weighted by Crippen LogP contribution is -2.46. The van der Waals surface area contributed by atoms with E-state index in [4.69, 9.17) is 4.74 Å². The van der Waals surface area contributed by atoms with Gasteiger partial charge in [-0.1, -0.05) is 19.9 Å². The first kappa shape index (κ1) is 11.1. The van der Waals surface area contributed by atoms with Crippen LogP contribution in [0.1, 0.15) is 25.5 Å². The van der Waals surface area contributed by atoms with Crippen LogP contribution >= 0.6 is 0 Å². The summed E-state index contributed by atoms with van der Waals surface area (Å²) in [5.74, 6) is 0. The van der Waals surface area contributed by atoms with E-state index in [1.165, 1.54) is 0 Å². The summed E-state index contributed by atoms with van der Waals surface area (Å²) in [6.07, 6.45) is 1.58.